The number of aliphatic hydroxyl groups excluding tert-OH is 1. The van der Waals surface area contributed by atoms with Gasteiger partial charge in [0.25, 0.3) is 0 Å². The summed E-state index contributed by atoms with van der Waals surface area (Å²) in [5.41, 5.74) is 0.0490. The molecule has 1 atom stereocenters. The van der Waals surface area contributed by atoms with Crippen molar-refractivity contribution in [2.75, 3.05) is 27.1 Å². The lowest BCUT2D eigenvalue weighted by molar-refractivity contribution is -0.0871. The van der Waals surface area contributed by atoms with Gasteiger partial charge in [-0.2, -0.15) is 0 Å². The number of hydrogen-bond donors (Lipinski definition) is 2. The summed E-state index contributed by atoms with van der Waals surface area (Å²) >= 11 is 0. The second-order valence-corrected chi connectivity index (χ2v) is 5.25. The van der Waals surface area contributed by atoms with Crippen molar-refractivity contribution in [3.05, 3.63) is 65.7 Å². The molecule has 0 aliphatic carbocycles. The zero-order chi connectivity index (χ0) is 16.5. The standard InChI is InChI=1S/C18H22O5/c1-21-14-23-17-9-5-8-16(10-17)18(20,12-19)13-22-11-15-6-3-2-4-7-15/h2-10,19-20H,11-14H2,1H3/t18-/m1/s1. The van der Waals surface area contributed by atoms with Gasteiger partial charge in [0.05, 0.1) is 19.8 Å². The van der Waals surface area contributed by atoms with Crippen LogP contribution < -0.4 is 4.74 Å². The molecule has 0 unspecified atom stereocenters. The number of methoxy groups -OCH3 is 1. The van der Waals surface area contributed by atoms with E-state index in [0.717, 1.165) is 5.56 Å². The van der Waals surface area contributed by atoms with E-state index < -0.39 is 12.2 Å². The van der Waals surface area contributed by atoms with Crippen LogP contribution in [0.5, 0.6) is 5.75 Å². The van der Waals surface area contributed by atoms with E-state index in [1.165, 1.54) is 7.11 Å². The number of aliphatic hydroxyl groups is 2. The van der Waals surface area contributed by atoms with Crippen molar-refractivity contribution in [3.63, 3.8) is 0 Å². The molecule has 23 heavy (non-hydrogen) atoms. The summed E-state index contributed by atoms with van der Waals surface area (Å²) in [7, 11) is 1.53. The van der Waals surface area contributed by atoms with Crippen molar-refractivity contribution in [1.29, 1.82) is 0 Å². The van der Waals surface area contributed by atoms with Crippen LogP contribution in [0.3, 0.4) is 0 Å². The van der Waals surface area contributed by atoms with Gasteiger partial charge in [-0.05, 0) is 23.3 Å². The molecule has 0 heterocycles. The minimum Gasteiger partial charge on any atom is -0.468 e. The van der Waals surface area contributed by atoms with Gasteiger partial charge in [-0.1, -0.05) is 42.5 Å². The number of ether oxygens (including phenoxy) is 3. The molecular formula is C18H22O5. The van der Waals surface area contributed by atoms with Crippen molar-refractivity contribution in [1.82, 2.24) is 0 Å². The normalized spacial score (nSPS) is 13.5. The maximum Gasteiger partial charge on any atom is 0.188 e. The Hall–Kier alpha value is -1.92. The number of rotatable bonds is 9. The van der Waals surface area contributed by atoms with Crippen LogP contribution in [0.25, 0.3) is 0 Å². The quantitative estimate of drug-likeness (QED) is 0.693. The van der Waals surface area contributed by atoms with Crippen molar-refractivity contribution in [2.45, 2.75) is 12.2 Å². The van der Waals surface area contributed by atoms with E-state index in [1.54, 1.807) is 24.3 Å². The van der Waals surface area contributed by atoms with Gasteiger partial charge >= 0.3 is 0 Å². The molecule has 0 saturated carbocycles. The lowest BCUT2D eigenvalue weighted by Gasteiger charge is -2.26. The maximum absolute atomic E-state index is 10.7. The zero-order valence-corrected chi connectivity index (χ0v) is 13.1. The highest BCUT2D eigenvalue weighted by molar-refractivity contribution is 5.32. The van der Waals surface area contributed by atoms with E-state index >= 15 is 0 Å². The molecule has 2 rings (SSSR count). The monoisotopic (exact) mass is 318 g/mol. The fraction of sp³-hybridized carbons (Fsp3) is 0.333. The lowest BCUT2D eigenvalue weighted by atomic mass is 9.95. The predicted molar refractivity (Wildman–Crippen MR) is 86.0 cm³/mol. The van der Waals surface area contributed by atoms with E-state index in [1.807, 2.05) is 30.3 Å². The first-order chi connectivity index (χ1) is 11.2. The Morgan fingerprint density at radius 3 is 2.52 bits per heavy atom. The first-order valence-electron chi connectivity index (χ1n) is 7.35. The van der Waals surface area contributed by atoms with Gasteiger partial charge in [-0.15, -0.1) is 0 Å². The number of hydrogen-bond acceptors (Lipinski definition) is 5. The molecule has 2 aromatic carbocycles. The minimum absolute atomic E-state index is 0.0217. The highest BCUT2D eigenvalue weighted by Gasteiger charge is 2.29. The van der Waals surface area contributed by atoms with Crippen LogP contribution in [-0.2, 0) is 21.7 Å². The second-order valence-electron chi connectivity index (χ2n) is 5.25. The molecule has 0 spiro atoms. The van der Waals surface area contributed by atoms with Crippen LogP contribution in [-0.4, -0.2) is 37.3 Å². The third-order valence-corrected chi connectivity index (χ3v) is 3.43. The number of benzene rings is 2. The van der Waals surface area contributed by atoms with Crippen LogP contribution >= 0.6 is 0 Å². The predicted octanol–water partition coefficient (Wildman–Crippen LogP) is 2.07. The van der Waals surface area contributed by atoms with E-state index in [9.17, 15) is 10.2 Å². The maximum atomic E-state index is 10.7. The Balaban J connectivity index is 2.01. The van der Waals surface area contributed by atoms with Gasteiger partial charge in [-0.25, -0.2) is 0 Å². The highest BCUT2D eigenvalue weighted by Crippen LogP contribution is 2.25. The summed E-state index contributed by atoms with van der Waals surface area (Å²) in [6, 6.07) is 16.6. The molecule has 0 radical (unpaired) electrons. The van der Waals surface area contributed by atoms with Crippen molar-refractivity contribution in [3.8, 4) is 5.75 Å². The summed E-state index contributed by atoms with van der Waals surface area (Å²) in [4.78, 5) is 0. The summed E-state index contributed by atoms with van der Waals surface area (Å²) in [5.74, 6) is 0.555. The minimum atomic E-state index is -1.48. The van der Waals surface area contributed by atoms with Gasteiger partial charge < -0.3 is 24.4 Å². The Morgan fingerprint density at radius 2 is 1.83 bits per heavy atom. The van der Waals surface area contributed by atoms with Crippen molar-refractivity contribution < 1.29 is 24.4 Å². The van der Waals surface area contributed by atoms with E-state index in [4.69, 9.17) is 14.2 Å². The van der Waals surface area contributed by atoms with Gasteiger partial charge in [0.2, 0.25) is 0 Å². The molecule has 0 aliphatic heterocycles. The fourth-order valence-electron chi connectivity index (χ4n) is 2.13. The second kappa shape index (κ2) is 8.64. The van der Waals surface area contributed by atoms with Gasteiger partial charge in [0.15, 0.2) is 6.79 Å². The van der Waals surface area contributed by atoms with Crippen LogP contribution in [0.15, 0.2) is 54.6 Å². The lowest BCUT2D eigenvalue weighted by Crippen LogP contribution is -2.35. The molecule has 0 fully saturated rings. The SMILES string of the molecule is COCOc1cccc([C@@](O)(CO)COCc2ccccc2)c1. The highest BCUT2D eigenvalue weighted by atomic mass is 16.7. The Bertz CT molecular complexity index is 587. The van der Waals surface area contributed by atoms with Crippen molar-refractivity contribution in [2.24, 2.45) is 0 Å². The molecule has 5 nitrogen and oxygen atoms in total. The molecule has 124 valence electrons. The molecular weight excluding hydrogens is 296 g/mol. The largest absolute Gasteiger partial charge is 0.468 e. The molecule has 0 saturated heterocycles. The Kier molecular flexibility index (Phi) is 6.55. The zero-order valence-electron chi connectivity index (χ0n) is 13.1. The summed E-state index contributed by atoms with van der Waals surface area (Å²) in [5, 5.41) is 20.3. The van der Waals surface area contributed by atoms with Gasteiger partial charge in [0.1, 0.15) is 11.4 Å². The van der Waals surface area contributed by atoms with Crippen molar-refractivity contribution >= 4 is 0 Å². The molecule has 2 N–H and O–H groups in total. The van der Waals surface area contributed by atoms with Crippen LogP contribution in [0.1, 0.15) is 11.1 Å². The van der Waals surface area contributed by atoms with Crippen LogP contribution in [0.4, 0.5) is 0 Å². The summed E-state index contributed by atoms with van der Waals surface area (Å²) < 4.78 is 15.8. The van der Waals surface area contributed by atoms with Gasteiger partial charge in [0, 0.05) is 7.11 Å². The fourth-order valence-corrected chi connectivity index (χ4v) is 2.13. The van der Waals surface area contributed by atoms with Gasteiger partial charge in [-0.3, -0.25) is 0 Å². The molecule has 0 aliphatic rings. The average Bonchev–Trinajstić information content (AvgIpc) is 2.61. The molecule has 2 aromatic rings. The van der Waals surface area contributed by atoms with E-state index in [-0.39, 0.29) is 13.4 Å². The molecule has 5 heteroatoms. The van der Waals surface area contributed by atoms with E-state index in [0.29, 0.717) is 17.9 Å². The molecule has 0 aromatic heterocycles. The van der Waals surface area contributed by atoms with Crippen LogP contribution in [0, 0.1) is 0 Å². The smallest absolute Gasteiger partial charge is 0.188 e. The Morgan fingerprint density at radius 1 is 1.04 bits per heavy atom. The molecule has 0 bridgehead atoms. The summed E-state index contributed by atoms with van der Waals surface area (Å²) in [6.07, 6.45) is 0. The van der Waals surface area contributed by atoms with E-state index in [2.05, 4.69) is 0 Å². The Labute approximate surface area is 136 Å². The first-order valence-corrected chi connectivity index (χ1v) is 7.35. The first kappa shape index (κ1) is 17.4. The average molecular weight is 318 g/mol. The molecule has 0 amide bonds. The van der Waals surface area contributed by atoms with Crippen LogP contribution in [0.2, 0.25) is 0 Å². The summed E-state index contributed by atoms with van der Waals surface area (Å²) in [6.45, 7) is 0.0101. The topological polar surface area (TPSA) is 68.2 Å². The third-order valence-electron chi connectivity index (χ3n) is 3.43. The third kappa shape index (κ3) is 5.04.